The molecule has 0 spiro atoms. The van der Waals surface area contributed by atoms with E-state index in [1.54, 1.807) is 0 Å². The molecule has 394 valence electrons. The summed E-state index contributed by atoms with van der Waals surface area (Å²) in [5.41, 5.74) is 0. The molecule has 1 amide bonds. The predicted octanol–water partition coefficient (Wildman–Crippen LogP) is 11.1. The summed E-state index contributed by atoms with van der Waals surface area (Å²) >= 11 is 0. The average Bonchev–Trinajstić information content (AvgIpc) is 3.33. The second-order valence-electron chi connectivity index (χ2n) is 19.6. The van der Waals surface area contributed by atoms with Gasteiger partial charge in [-0.3, -0.25) is 4.79 Å². The van der Waals surface area contributed by atoms with E-state index in [1.807, 2.05) is 0 Å². The van der Waals surface area contributed by atoms with Gasteiger partial charge in [-0.15, -0.1) is 0 Å². The van der Waals surface area contributed by atoms with Crippen molar-refractivity contribution in [3.8, 4) is 0 Å². The van der Waals surface area contributed by atoms with E-state index in [4.69, 9.17) is 9.47 Å². The predicted molar refractivity (Wildman–Crippen MR) is 275 cm³/mol. The highest BCUT2D eigenvalue weighted by molar-refractivity contribution is 5.80. The van der Waals surface area contributed by atoms with Gasteiger partial charge in [0.05, 0.1) is 25.4 Å². The number of hydrogen-bond donors (Lipinski definition) is 8. The Kier molecular flexibility index (Phi) is 43.0. The molecule has 1 rings (SSSR count). The van der Waals surface area contributed by atoms with E-state index in [0.717, 1.165) is 64.2 Å². The van der Waals surface area contributed by atoms with E-state index in [2.05, 4.69) is 55.6 Å². The lowest BCUT2D eigenvalue weighted by atomic mass is 9.98. The van der Waals surface area contributed by atoms with Gasteiger partial charge in [0.2, 0.25) is 5.91 Å². The van der Waals surface area contributed by atoms with Gasteiger partial charge in [-0.2, -0.15) is 0 Å². The van der Waals surface area contributed by atoms with E-state index in [1.165, 1.54) is 141 Å². The number of aliphatic hydroxyl groups is 7. The quantitative estimate of drug-likeness (QED) is 0.0215. The third-order valence-electron chi connectivity index (χ3n) is 13.4. The molecule has 0 aromatic heterocycles. The standard InChI is InChI=1S/C56H105NO10/c1-3-5-7-9-11-13-15-17-19-21-23-24-25-26-28-30-32-34-36-38-40-42-44-49(60)55(65)57-47(46-66-56-54(64)53(63)52(62)50(45-58)67-56)51(61)48(59)43-41-39-37-35-33-31-29-27-22-20-18-16-14-12-10-8-6-4-2/h23-24,26,28,35,37,47-54,56,58-64H,3-22,25,27,29-34,36,38-46H2,1-2H3,(H,57,65)/b24-23-,28-26-,37-35+. The van der Waals surface area contributed by atoms with Crippen LogP contribution >= 0.6 is 0 Å². The number of carbonyl (C=O) groups excluding carboxylic acids is 1. The molecule has 9 unspecified atom stereocenters. The van der Waals surface area contributed by atoms with Gasteiger partial charge in [0.1, 0.15) is 36.6 Å². The summed E-state index contributed by atoms with van der Waals surface area (Å²) in [4.78, 5) is 13.2. The summed E-state index contributed by atoms with van der Waals surface area (Å²) in [6.07, 6.45) is 43.3. The van der Waals surface area contributed by atoms with Gasteiger partial charge < -0.3 is 50.5 Å². The van der Waals surface area contributed by atoms with Crippen molar-refractivity contribution in [2.75, 3.05) is 13.2 Å². The topological polar surface area (TPSA) is 189 Å². The number of unbranched alkanes of at least 4 members (excludes halogenated alkanes) is 29. The van der Waals surface area contributed by atoms with Crippen molar-refractivity contribution in [2.45, 2.75) is 300 Å². The van der Waals surface area contributed by atoms with Crippen LogP contribution in [0.1, 0.15) is 245 Å². The molecule has 0 aliphatic carbocycles. The third-order valence-corrected chi connectivity index (χ3v) is 13.4. The minimum Gasteiger partial charge on any atom is -0.394 e. The van der Waals surface area contributed by atoms with E-state index in [-0.39, 0.29) is 12.8 Å². The smallest absolute Gasteiger partial charge is 0.249 e. The number of nitrogens with one attached hydrogen (secondary N) is 1. The fourth-order valence-electron chi connectivity index (χ4n) is 8.83. The molecule has 0 saturated carbocycles. The van der Waals surface area contributed by atoms with Gasteiger partial charge in [0, 0.05) is 0 Å². The molecule has 11 nitrogen and oxygen atoms in total. The highest BCUT2D eigenvalue weighted by Crippen LogP contribution is 2.23. The largest absolute Gasteiger partial charge is 0.394 e. The van der Waals surface area contributed by atoms with Crippen LogP contribution in [0.25, 0.3) is 0 Å². The van der Waals surface area contributed by atoms with E-state index in [0.29, 0.717) is 12.8 Å². The molecule has 1 saturated heterocycles. The molecule has 0 aromatic rings. The van der Waals surface area contributed by atoms with Crippen LogP contribution in [0.3, 0.4) is 0 Å². The molecule has 0 bridgehead atoms. The summed E-state index contributed by atoms with van der Waals surface area (Å²) in [7, 11) is 0. The Hall–Kier alpha value is -1.67. The lowest BCUT2D eigenvalue weighted by Gasteiger charge is -2.40. The van der Waals surface area contributed by atoms with Crippen molar-refractivity contribution in [3.63, 3.8) is 0 Å². The van der Waals surface area contributed by atoms with Crippen molar-refractivity contribution in [2.24, 2.45) is 0 Å². The van der Waals surface area contributed by atoms with E-state index >= 15 is 0 Å². The van der Waals surface area contributed by atoms with Crippen LogP contribution in [-0.4, -0.2) is 110 Å². The summed E-state index contributed by atoms with van der Waals surface area (Å²) < 4.78 is 11.1. The van der Waals surface area contributed by atoms with Crippen LogP contribution in [0, 0.1) is 0 Å². The molecule has 1 aliphatic heterocycles. The molecule has 8 N–H and O–H groups in total. The highest BCUT2D eigenvalue weighted by Gasteiger charge is 2.44. The molecule has 1 aliphatic rings. The molecular weight excluding hydrogens is 847 g/mol. The Balaban J connectivity index is 2.37. The number of amides is 1. The summed E-state index contributed by atoms with van der Waals surface area (Å²) in [6.45, 7) is 3.45. The summed E-state index contributed by atoms with van der Waals surface area (Å²) in [6, 6.07) is -1.19. The van der Waals surface area contributed by atoms with Crippen LogP contribution in [0.5, 0.6) is 0 Å². The van der Waals surface area contributed by atoms with E-state index < -0.39 is 74.2 Å². The molecule has 0 radical (unpaired) electrons. The van der Waals surface area contributed by atoms with Crippen molar-refractivity contribution >= 4 is 5.91 Å². The van der Waals surface area contributed by atoms with Crippen LogP contribution < -0.4 is 5.32 Å². The Bertz CT molecular complexity index is 1180. The van der Waals surface area contributed by atoms with Crippen LogP contribution in [0.4, 0.5) is 0 Å². The number of carbonyl (C=O) groups is 1. The Morgan fingerprint density at radius 1 is 0.522 bits per heavy atom. The molecule has 11 heteroatoms. The highest BCUT2D eigenvalue weighted by atomic mass is 16.7. The zero-order valence-corrected chi connectivity index (χ0v) is 42.9. The van der Waals surface area contributed by atoms with Gasteiger partial charge in [-0.25, -0.2) is 0 Å². The second-order valence-corrected chi connectivity index (χ2v) is 19.6. The lowest BCUT2D eigenvalue weighted by molar-refractivity contribution is -0.303. The maximum atomic E-state index is 13.2. The van der Waals surface area contributed by atoms with Gasteiger partial charge >= 0.3 is 0 Å². The van der Waals surface area contributed by atoms with Gasteiger partial charge in [-0.05, 0) is 70.6 Å². The number of ether oxygens (including phenoxy) is 2. The van der Waals surface area contributed by atoms with Crippen LogP contribution in [0.2, 0.25) is 0 Å². The first-order valence-corrected chi connectivity index (χ1v) is 27.9. The Morgan fingerprint density at radius 3 is 1.37 bits per heavy atom. The molecule has 1 heterocycles. The molecular formula is C56H105NO10. The number of rotatable bonds is 47. The fourth-order valence-corrected chi connectivity index (χ4v) is 8.83. The summed E-state index contributed by atoms with van der Waals surface area (Å²) in [5, 5.41) is 76.0. The van der Waals surface area contributed by atoms with Crippen LogP contribution in [0.15, 0.2) is 36.5 Å². The number of aliphatic hydroxyl groups excluding tert-OH is 7. The van der Waals surface area contributed by atoms with E-state index in [9.17, 15) is 40.5 Å². The molecule has 1 fully saturated rings. The maximum absolute atomic E-state index is 13.2. The first-order valence-electron chi connectivity index (χ1n) is 27.9. The minimum absolute atomic E-state index is 0.242. The Morgan fingerprint density at radius 2 is 0.925 bits per heavy atom. The average molecular weight is 952 g/mol. The molecule has 0 aromatic carbocycles. The monoisotopic (exact) mass is 952 g/mol. The van der Waals surface area contributed by atoms with Crippen molar-refractivity contribution in [1.82, 2.24) is 5.32 Å². The normalized spacial score (nSPS) is 20.9. The minimum atomic E-state index is -1.67. The van der Waals surface area contributed by atoms with Crippen LogP contribution in [-0.2, 0) is 14.3 Å². The first-order chi connectivity index (χ1) is 32.7. The zero-order chi connectivity index (χ0) is 49.0. The van der Waals surface area contributed by atoms with Gasteiger partial charge in [-0.1, -0.05) is 211 Å². The first kappa shape index (κ1) is 63.3. The van der Waals surface area contributed by atoms with Crippen molar-refractivity contribution in [3.05, 3.63) is 36.5 Å². The summed E-state index contributed by atoms with van der Waals surface area (Å²) in [5.74, 6) is -0.713. The zero-order valence-electron chi connectivity index (χ0n) is 42.9. The van der Waals surface area contributed by atoms with Gasteiger partial charge in [0.25, 0.3) is 0 Å². The van der Waals surface area contributed by atoms with Crippen molar-refractivity contribution in [1.29, 1.82) is 0 Å². The third kappa shape index (κ3) is 34.3. The Labute approximate surface area is 409 Å². The second kappa shape index (κ2) is 45.5. The van der Waals surface area contributed by atoms with Crippen molar-refractivity contribution < 1.29 is 50.0 Å². The fraction of sp³-hybridized carbons (Fsp3) is 0.875. The lowest BCUT2D eigenvalue weighted by Crippen LogP contribution is -2.60. The number of hydrogen-bond acceptors (Lipinski definition) is 10. The number of allylic oxidation sites excluding steroid dienone is 6. The van der Waals surface area contributed by atoms with Gasteiger partial charge in [0.15, 0.2) is 6.29 Å². The molecule has 9 atom stereocenters. The maximum Gasteiger partial charge on any atom is 0.249 e. The SMILES string of the molecule is CCCCCCCCCCC/C=C\C/C=C\CCCCCCCCC(O)C(=O)NC(COC1OC(CO)C(O)C(O)C1O)C(O)C(O)CCC/C=C/CCCCCCCCCCCCCCC. The molecule has 67 heavy (non-hydrogen) atoms.